The molecule has 0 atom stereocenters. The van der Waals surface area contributed by atoms with Gasteiger partial charge in [0, 0.05) is 29.9 Å². The molecule has 0 saturated heterocycles. The Morgan fingerprint density at radius 3 is 2.56 bits per heavy atom. The van der Waals surface area contributed by atoms with E-state index in [9.17, 15) is 9.59 Å². The van der Waals surface area contributed by atoms with E-state index in [1.807, 2.05) is 26.8 Å². The summed E-state index contributed by atoms with van der Waals surface area (Å²) < 4.78 is 7.38. The van der Waals surface area contributed by atoms with E-state index in [1.54, 1.807) is 53.3 Å². The van der Waals surface area contributed by atoms with Gasteiger partial charge >= 0.3 is 0 Å². The van der Waals surface area contributed by atoms with Crippen LogP contribution in [0, 0.1) is 5.92 Å². The molecule has 0 bridgehead atoms. The van der Waals surface area contributed by atoms with Gasteiger partial charge in [0.05, 0.1) is 5.69 Å². The second kappa shape index (κ2) is 10.8. The van der Waals surface area contributed by atoms with E-state index in [1.165, 1.54) is 0 Å². The average Bonchev–Trinajstić information content (AvgIpc) is 3.20. The Morgan fingerprint density at radius 1 is 1.12 bits per heavy atom. The summed E-state index contributed by atoms with van der Waals surface area (Å²) in [7, 11) is 0. The van der Waals surface area contributed by atoms with Crippen molar-refractivity contribution in [1.29, 1.82) is 0 Å². The number of hydrogen-bond donors (Lipinski definition) is 2. The molecule has 3 aromatic rings. The van der Waals surface area contributed by atoms with Gasteiger partial charge in [-0.05, 0) is 54.8 Å². The molecule has 32 heavy (non-hydrogen) atoms. The first kappa shape index (κ1) is 23.3. The highest BCUT2D eigenvalue weighted by Gasteiger charge is 2.19. The molecule has 0 fully saturated rings. The Kier molecular flexibility index (Phi) is 7.89. The van der Waals surface area contributed by atoms with Gasteiger partial charge in [-0.15, -0.1) is 0 Å². The molecule has 0 aliphatic carbocycles. The molecule has 2 aromatic carbocycles. The first-order chi connectivity index (χ1) is 15.4. The second-order valence-corrected chi connectivity index (χ2v) is 8.18. The van der Waals surface area contributed by atoms with Crippen molar-refractivity contribution in [2.24, 2.45) is 5.92 Å². The first-order valence-corrected chi connectivity index (χ1v) is 10.9. The fraction of sp³-hybridized carbons (Fsp3) is 0.292. The van der Waals surface area contributed by atoms with Crippen LogP contribution >= 0.6 is 11.6 Å². The number of aromatic nitrogens is 2. The molecule has 0 spiro atoms. The van der Waals surface area contributed by atoms with E-state index in [0.29, 0.717) is 47.6 Å². The smallest absolute Gasteiger partial charge is 0.273 e. The third-order valence-electron chi connectivity index (χ3n) is 4.63. The maximum Gasteiger partial charge on any atom is 0.273 e. The SMILES string of the molecule is CCn1cc(NC(=O)c2cccc(COc3ccc(Cl)cc3)c2)c(C(=O)NCC(C)C)n1. The van der Waals surface area contributed by atoms with E-state index in [2.05, 4.69) is 15.7 Å². The van der Waals surface area contributed by atoms with Crippen molar-refractivity contribution in [2.45, 2.75) is 33.9 Å². The van der Waals surface area contributed by atoms with Crippen LogP contribution in [0.25, 0.3) is 0 Å². The summed E-state index contributed by atoms with van der Waals surface area (Å²) in [5.74, 6) is 0.356. The number of rotatable bonds is 9. The first-order valence-electron chi connectivity index (χ1n) is 10.5. The fourth-order valence-corrected chi connectivity index (χ4v) is 3.04. The molecule has 7 nitrogen and oxygen atoms in total. The average molecular weight is 455 g/mol. The zero-order valence-corrected chi connectivity index (χ0v) is 19.1. The van der Waals surface area contributed by atoms with Crippen LogP contribution in [0.5, 0.6) is 5.75 Å². The number of hydrogen-bond acceptors (Lipinski definition) is 4. The third-order valence-corrected chi connectivity index (χ3v) is 4.88. The largest absolute Gasteiger partial charge is 0.489 e. The molecule has 3 rings (SSSR count). The van der Waals surface area contributed by atoms with Gasteiger partial charge in [0.2, 0.25) is 0 Å². The molecule has 2 amide bonds. The van der Waals surface area contributed by atoms with Crippen molar-refractivity contribution in [3.8, 4) is 5.75 Å². The number of carbonyl (C=O) groups is 2. The predicted molar refractivity (Wildman–Crippen MR) is 125 cm³/mol. The summed E-state index contributed by atoms with van der Waals surface area (Å²) in [6, 6.07) is 14.2. The monoisotopic (exact) mass is 454 g/mol. The van der Waals surface area contributed by atoms with Crippen molar-refractivity contribution in [3.05, 3.63) is 76.6 Å². The standard InChI is InChI=1S/C24H27ClN4O3/c1-4-29-14-21(22(28-29)24(31)26-13-16(2)3)27-23(30)18-7-5-6-17(12-18)15-32-20-10-8-19(25)9-11-20/h5-12,14,16H,4,13,15H2,1-3H3,(H,26,31)(H,27,30). The van der Waals surface area contributed by atoms with E-state index < -0.39 is 0 Å². The molecule has 0 radical (unpaired) electrons. The normalized spacial score (nSPS) is 10.8. The molecule has 0 aliphatic rings. The van der Waals surface area contributed by atoms with Crippen LogP contribution < -0.4 is 15.4 Å². The van der Waals surface area contributed by atoms with Crippen LogP contribution in [0.1, 0.15) is 47.2 Å². The molecule has 2 N–H and O–H groups in total. The summed E-state index contributed by atoms with van der Waals surface area (Å²) in [6.07, 6.45) is 1.66. The lowest BCUT2D eigenvalue weighted by Crippen LogP contribution is -2.28. The summed E-state index contributed by atoms with van der Waals surface area (Å²) in [4.78, 5) is 25.4. The van der Waals surface area contributed by atoms with Crippen molar-refractivity contribution in [3.63, 3.8) is 0 Å². The Bertz CT molecular complexity index is 1080. The van der Waals surface area contributed by atoms with Crippen LogP contribution in [-0.2, 0) is 13.2 Å². The minimum Gasteiger partial charge on any atom is -0.489 e. The van der Waals surface area contributed by atoms with Gasteiger partial charge in [-0.1, -0.05) is 37.6 Å². The zero-order valence-electron chi connectivity index (χ0n) is 18.4. The predicted octanol–water partition coefficient (Wildman–Crippen LogP) is 4.77. The lowest BCUT2D eigenvalue weighted by atomic mass is 10.1. The number of aryl methyl sites for hydroxylation is 1. The molecule has 1 aromatic heterocycles. The number of nitrogens with zero attached hydrogens (tertiary/aromatic N) is 2. The highest BCUT2D eigenvalue weighted by molar-refractivity contribution is 6.30. The number of amides is 2. The second-order valence-electron chi connectivity index (χ2n) is 7.75. The minimum atomic E-state index is -0.327. The van der Waals surface area contributed by atoms with E-state index in [0.717, 1.165) is 5.56 Å². The quantitative estimate of drug-likeness (QED) is 0.487. The van der Waals surface area contributed by atoms with Crippen LogP contribution in [0.3, 0.4) is 0 Å². The van der Waals surface area contributed by atoms with E-state index in [-0.39, 0.29) is 17.5 Å². The van der Waals surface area contributed by atoms with Crippen molar-refractivity contribution >= 4 is 29.1 Å². The molecule has 1 heterocycles. The molecular weight excluding hydrogens is 428 g/mol. The Balaban J connectivity index is 1.70. The molecular formula is C24H27ClN4O3. The molecule has 0 saturated carbocycles. The van der Waals surface area contributed by atoms with Crippen LogP contribution in [0.4, 0.5) is 5.69 Å². The number of anilines is 1. The van der Waals surface area contributed by atoms with Crippen molar-refractivity contribution < 1.29 is 14.3 Å². The molecule has 0 unspecified atom stereocenters. The summed E-state index contributed by atoms with van der Waals surface area (Å²) in [6.45, 7) is 7.35. The lowest BCUT2D eigenvalue weighted by molar-refractivity contribution is 0.0944. The summed E-state index contributed by atoms with van der Waals surface area (Å²) in [5, 5.41) is 10.6. The highest BCUT2D eigenvalue weighted by Crippen LogP contribution is 2.19. The van der Waals surface area contributed by atoms with Crippen LogP contribution in [-0.4, -0.2) is 28.1 Å². The van der Waals surface area contributed by atoms with Gasteiger partial charge in [0.15, 0.2) is 5.69 Å². The number of carbonyl (C=O) groups excluding carboxylic acids is 2. The Morgan fingerprint density at radius 2 is 1.88 bits per heavy atom. The van der Waals surface area contributed by atoms with E-state index >= 15 is 0 Å². The fourth-order valence-electron chi connectivity index (χ4n) is 2.92. The molecule has 0 aliphatic heterocycles. The van der Waals surface area contributed by atoms with E-state index in [4.69, 9.17) is 16.3 Å². The van der Waals surface area contributed by atoms with Crippen molar-refractivity contribution in [1.82, 2.24) is 15.1 Å². The van der Waals surface area contributed by atoms with Gasteiger partial charge in [0.1, 0.15) is 12.4 Å². The van der Waals surface area contributed by atoms with Gasteiger partial charge in [-0.3, -0.25) is 14.3 Å². The van der Waals surface area contributed by atoms with Crippen LogP contribution in [0.2, 0.25) is 5.02 Å². The molecule has 8 heteroatoms. The van der Waals surface area contributed by atoms with Gasteiger partial charge in [0.25, 0.3) is 11.8 Å². The minimum absolute atomic E-state index is 0.197. The zero-order chi connectivity index (χ0) is 23.1. The topological polar surface area (TPSA) is 85.2 Å². The van der Waals surface area contributed by atoms with Crippen molar-refractivity contribution in [2.75, 3.05) is 11.9 Å². The maximum atomic E-state index is 12.9. The number of benzene rings is 2. The van der Waals surface area contributed by atoms with Gasteiger partial charge < -0.3 is 15.4 Å². The Hall–Kier alpha value is -3.32. The van der Waals surface area contributed by atoms with Gasteiger partial charge in [-0.2, -0.15) is 5.10 Å². The van der Waals surface area contributed by atoms with Crippen LogP contribution in [0.15, 0.2) is 54.7 Å². The number of ether oxygens (including phenoxy) is 1. The van der Waals surface area contributed by atoms with Gasteiger partial charge in [-0.25, -0.2) is 0 Å². The summed E-state index contributed by atoms with van der Waals surface area (Å²) >= 11 is 5.89. The third kappa shape index (κ3) is 6.34. The highest BCUT2D eigenvalue weighted by atomic mass is 35.5. The lowest BCUT2D eigenvalue weighted by Gasteiger charge is -2.10. The summed E-state index contributed by atoms with van der Waals surface area (Å²) in [5.41, 5.74) is 1.87. The number of nitrogens with one attached hydrogen (secondary N) is 2. The maximum absolute atomic E-state index is 12.9. The number of halogens is 1. The molecule has 168 valence electrons. The Labute approximate surface area is 192 Å².